The van der Waals surface area contributed by atoms with Crippen LogP contribution in [0.15, 0.2) is 24.3 Å². The second kappa shape index (κ2) is 5.52. The van der Waals surface area contributed by atoms with E-state index in [1.807, 2.05) is 12.1 Å². The van der Waals surface area contributed by atoms with Crippen molar-refractivity contribution in [1.82, 2.24) is 4.90 Å². The van der Waals surface area contributed by atoms with Crippen LogP contribution in [0.25, 0.3) is 0 Å². The average Bonchev–Trinajstić information content (AvgIpc) is 2.39. The van der Waals surface area contributed by atoms with Crippen LogP contribution in [0.5, 0.6) is 5.75 Å². The number of aromatic hydroxyl groups is 1. The van der Waals surface area contributed by atoms with Crippen LogP contribution in [0.3, 0.4) is 0 Å². The number of rotatable bonds is 3. The summed E-state index contributed by atoms with van der Waals surface area (Å²) in [4.78, 5) is 2.45. The Hall–Kier alpha value is -1.06. The maximum atomic E-state index is 9.30. The van der Waals surface area contributed by atoms with Gasteiger partial charge in [-0.1, -0.05) is 19.1 Å². The summed E-state index contributed by atoms with van der Waals surface area (Å²) in [5.41, 5.74) is 1.25. The van der Waals surface area contributed by atoms with Crippen LogP contribution in [0.4, 0.5) is 0 Å². The number of ether oxygens (including phenoxy) is 1. The Morgan fingerprint density at radius 1 is 1.41 bits per heavy atom. The highest BCUT2D eigenvalue weighted by molar-refractivity contribution is 5.27. The van der Waals surface area contributed by atoms with Crippen molar-refractivity contribution >= 4 is 0 Å². The van der Waals surface area contributed by atoms with Crippen LogP contribution in [0, 0.1) is 0 Å². The van der Waals surface area contributed by atoms with E-state index < -0.39 is 0 Å². The van der Waals surface area contributed by atoms with Gasteiger partial charge in [-0.2, -0.15) is 0 Å². The summed E-state index contributed by atoms with van der Waals surface area (Å²) < 4.78 is 5.68. The second-order valence-electron chi connectivity index (χ2n) is 4.66. The third kappa shape index (κ3) is 2.99. The van der Waals surface area contributed by atoms with E-state index in [-0.39, 0.29) is 0 Å². The summed E-state index contributed by atoms with van der Waals surface area (Å²) in [6, 6.07) is 7.88. The van der Waals surface area contributed by atoms with Crippen molar-refractivity contribution in [3.05, 3.63) is 29.8 Å². The van der Waals surface area contributed by atoms with E-state index in [4.69, 9.17) is 4.74 Å². The standard InChI is InChI=1S/C14H21NO2/c1-3-14-10-15(8-9-17-14)11(2)12-4-6-13(16)7-5-12/h4-7,11,14,16H,3,8-10H2,1-2H3. The van der Waals surface area contributed by atoms with Crippen LogP contribution in [-0.4, -0.2) is 35.8 Å². The Labute approximate surface area is 103 Å². The summed E-state index contributed by atoms with van der Waals surface area (Å²) in [7, 11) is 0. The van der Waals surface area contributed by atoms with E-state index in [0.29, 0.717) is 17.9 Å². The van der Waals surface area contributed by atoms with Crippen LogP contribution in [0.1, 0.15) is 31.9 Å². The molecule has 0 radical (unpaired) electrons. The lowest BCUT2D eigenvalue weighted by Gasteiger charge is -2.36. The number of phenolic OH excluding ortho intramolecular Hbond substituents is 1. The Balaban J connectivity index is 2.03. The van der Waals surface area contributed by atoms with Crippen molar-refractivity contribution in [1.29, 1.82) is 0 Å². The predicted octanol–water partition coefficient (Wildman–Crippen LogP) is 2.56. The van der Waals surface area contributed by atoms with Gasteiger partial charge in [0.2, 0.25) is 0 Å². The Morgan fingerprint density at radius 3 is 2.76 bits per heavy atom. The summed E-state index contributed by atoms with van der Waals surface area (Å²) in [5, 5.41) is 9.30. The molecule has 1 heterocycles. The maximum absolute atomic E-state index is 9.30. The highest BCUT2D eigenvalue weighted by Crippen LogP contribution is 2.24. The topological polar surface area (TPSA) is 32.7 Å². The van der Waals surface area contributed by atoms with Gasteiger partial charge in [-0.25, -0.2) is 0 Å². The molecule has 0 aliphatic carbocycles. The van der Waals surface area contributed by atoms with Crippen LogP contribution in [-0.2, 0) is 4.74 Å². The summed E-state index contributed by atoms with van der Waals surface area (Å²) >= 11 is 0. The molecule has 0 bridgehead atoms. The Bertz CT molecular complexity index is 350. The van der Waals surface area contributed by atoms with Crippen LogP contribution < -0.4 is 0 Å². The van der Waals surface area contributed by atoms with Gasteiger partial charge in [0.1, 0.15) is 5.75 Å². The summed E-state index contributed by atoms with van der Waals surface area (Å²) in [6.45, 7) is 7.18. The third-order valence-corrected chi connectivity index (χ3v) is 3.55. The van der Waals surface area contributed by atoms with Gasteiger partial charge in [0.15, 0.2) is 0 Å². The molecule has 94 valence electrons. The first-order valence-corrected chi connectivity index (χ1v) is 6.35. The monoisotopic (exact) mass is 235 g/mol. The van der Waals surface area contributed by atoms with Gasteiger partial charge in [0.05, 0.1) is 12.7 Å². The second-order valence-corrected chi connectivity index (χ2v) is 4.66. The van der Waals surface area contributed by atoms with E-state index in [1.54, 1.807) is 12.1 Å². The van der Waals surface area contributed by atoms with E-state index in [1.165, 1.54) is 5.56 Å². The van der Waals surface area contributed by atoms with Gasteiger partial charge in [-0.05, 0) is 31.0 Å². The third-order valence-electron chi connectivity index (χ3n) is 3.55. The number of benzene rings is 1. The first-order valence-electron chi connectivity index (χ1n) is 6.35. The van der Waals surface area contributed by atoms with Gasteiger partial charge in [0.25, 0.3) is 0 Å². The zero-order valence-corrected chi connectivity index (χ0v) is 10.6. The molecule has 1 aromatic carbocycles. The molecule has 0 aromatic heterocycles. The Morgan fingerprint density at radius 2 is 2.12 bits per heavy atom. The molecule has 2 rings (SSSR count). The normalized spacial score (nSPS) is 23.5. The van der Waals surface area contributed by atoms with Crippen molar-refractivity contribution in [2.45, 2.75) is 32.4 Å². The largest absolute Gasteiger partial charge is 0.508 e. The van der Waals surface area contributed by atoms with E-state index in [0.717, 1.165) is 26.1 Å². The van der Waals surface area contributed by atoms with E-state index in [2.05, 4.69) is 18.7 Å². The minimum absolute atomic E-state index is 0.328. The van der Waals surface area contributed by atoms with Gasteiger partial charge in [-0.3, -0.25) is 4.90 Å². The lowest BCUT2D eigenvalue weighted by atomic mass is 10.1. The molecule has 0 spiro atoms. The molecule has 1 aliphatic rings. The smallest absolute Gasteiger partial charge is 0.115 e. The summed E-state index contributed by atoms with van der Waals surface area (Å²) in [5.74, 6) is 0.328. The number of hydrogen-bond acceptors (Lipinski definition) is 3. The molecule has 17 heavy (non-hydrogen) atoms. The van der Waals surface area contributed by atoms with Crippen molar-refractivity contribution in [2.75, 3.05) is 19.7 Å². The molecule has 3 heteroatoms. The average molecular weight is 235 g/mol. The first-order chi connectivity index (χ1) is 8.20. The molecule has 1 fully saturated rings. The number of morpholine rings is 1. The molecule has 1 aromatic rings. The zero-order chi connectivity index (χ0) is 12.3. The van der Waals surface area contributed by atoms with E-state index >= 15 is 0 Å². The predicted molar refractivity (Wildman–Crippen MR) is 68.1 cm³/mol. The number of nitrogens with zero attached hydrogens (tertiary/aromatic N) is 1. The van der Waals surface area contributed by atoms with Crippen molar-refractivity contribution in [3.8, 4) is 5.75 Å². The molecular weight excluding hydrogens is 214 g/mol. The molecular formula is C14H21NO2. The fourth-order valence-electron chi connectivity index (χ4n) is 2.30. The highest BCUT2D eigenvalue weighted by atomic mass is 16.5. The minimum Gasteiger partial charge on any atom is -0.508 e. The molecule has 1 saturated heterocycles. The number of hydrogen-bond donors (Lipinski definition) is 1. The Kier molecular flexibility index (Phi) is 4.02. The van der Waals surface area contributed by atoms with Gasteiger partial charge in [-0.15, -0.1) is 0 Å². The van der Waals surface area contributed by atoms with Crippen molar-refractivity contribution in [2.24, 2.45) is 0 Å². The van der Waals surface area contributed by atoms with Crippen LogP contribution >= 0.6 is 0 Å². The fraction of sp³-hybridized carbons (Fsp3) is 0.571. The number of phenols is 1. The van der Waals surface area contributed by atoms with Crippen LogP contribution in [0.2, 0.25) is 0 Å². The first kappa shape index (κ1) is 12.4. The molecule has 3 nitrogen and oxygen atoms in total. The van der Waals surface area contributed by atoms with E-state index in [9.17, 15) is 5.11 Å². The molecule has 2 unspecified atom stereocenters. The molecule has 1 aliphatic heterocycles. The minimum atomic E-state index is 0.328. The van der Waals surface area contributed by atoms with Gasteiger partial charge >= 0.3 is 0 Å². The van der Waals surface area contributed by atoms with Gasteiger partial charge in [0, 0.05) is 19.1 Å². The zero-order valence-electron chi connectivity index (χ0n) is 10.6. The van der Waals surface area contributed by atoms with Crippen molar-refractivity contribution < 1.29 is 9.84 Å². The SMILES string of the molecule is CCC1CN(C(C)c2ccc(O)cc2)CCO1. The lowest BCUT2D eigenvalue weighted by Crippen LogP contribution is -2.43. The molecule has 1 N–H and O–H groups in total. The highest BCUT2D eigenvalue weighted by Gasteiger charge is 2.23. The van der Waals surface area contributed by atoms with Gasteiger partial charge < -0.3 is 9.84 Å². The quantitative estimate of drug-likeness (QED) is 0.874. The molecule has 0 saturated carbocycles. The lowest BCUT2D eigenvalue weighted by molar-refractivity contribution is -0.0425. The van der Waals surface area contributed by atoms with Crippen molar-refractivity contribution in [3.63, 3.8) is 0 Å². The molecule has 2 atom stereocenters. The maximum Gasteiger partial charge on any atom is 0.115 e. The summed E-state index contributed by atoms with van der Waals surface area (Å²) in [6.07, 6.45) is 1.43. The fourth-order valence-corrected chi connectivity index (χ4v) is 2.30. The molecule has 0 amide bonds.